The molecule has 1 fully saturated rings. The summed E-state index contributed by atoms with van der Waals surface area (Å²) in [5.74, 6) is 0. The number of ether oxygens (including phenoxy) is 1. The van der Waals surface area contributed by atoms with E-state index >= 15 is 0 Å². The molecule has 1 heterocycles. The number of nitro benzene ring substituents is 1. The molecule has 92 valence electrons. The van der Waals surface area contributed by atoms with Crippen LogP contribution in [0.15, 0.2) is 24.3 Å². The van der Waals surface area contributed by atoms with Crippen molar-refractivity contribution < 1.29 is 9.66 Å². The van der Waals surface area contributed by atoms with E-state index in [0.717, 1.165) is 18.8 Å². The van der Waals surface area contributed by atoms with E-state index in [1.54, 1.807) is 12.1 Å². The van der Waals surface area contributed by atoms with E-state index in [9.17, 15) is 10.1 Å². The standard InChI is InChI=1S/C11H15N3O3/c12-7-11-8-13(5-6-17-11)9-1-3-10(4-2-9)14(15)16/h1-4,11H,5-8,12H2. The van der Waals surface area contributed by atoms with Crippen molar-refractivity contribution in [1.29, 1.82) is 0 Å². The highest BCUT2D eigenvalue weighted by Crippen LogP contribution is 2.21. The second kappa shape index (κ2) is 5.11. The molecule has 17 heavy (non-hydrogen) atoms. The van der Waals surface area contributed by atoms with Gasteiger partial charge in [-0.05, 0) is 12.1 Å². The maximum absolute atomic E-state index is 10.5. The van der Waals surface area contributed by atoms with Gasteiger partial charge in [0, 0.05) is 37.5 Å². The number of nitrogens with zero attached hydrogens (tertiary/aromatic N) is 2. The third-order valence-electron chi connectivity index (χ3n) is 2.83. The van der Waals surface area contributed by atoms with Gasteiger partial charge < -0.3 is 15.4 Å². The molecule has 0 aromatic heterocycles. The molecule has 0 radical (unpaired) electrons. The van der Waals surface area contributed by atoms with E-state index in [0.29, 0.717) is 13.2 Å². The molecule has 2 N–H and O–H groups in total. The zero-order valence-corrected chi connectivity index (χ0v) is 9.41. The summed E-state index contributed by atoms with van der Waals surface area (Å²) in [6.45, 7) is 2.64. The summed E-state index contributed by atoms with van der Waals surface area (Å²) in [6.07, 6.45) is 0.0407. The van der Waals surface area contributed by atoms with Crippen molar-refractivity contribution in [1.82, 2.24) is 0 Å². The number of hydrogen-bond donors (Lipinski definition) is 1. The van der Waals surface area contributed by atoms with E-state index in [1.807, 2.05) is 0 Å². The molecule has 1 aromatic rings. The Morgan fingerprint density at radius 3 is 2.76 bits per heavy atom. The number of rotatable bonds is 3. The van der Waals surface area contributed by atoms with Crippen LogP contribution in [0.5, 0.6) is 0 Å². The van der Waals surface area contributed by atoms with Crippen LogP contribution in [-0.4, -0.2) is 37.3 Å². The molecule has 0 spiro atoms. The number of morpholine rings is 1. The SMILES string of the molecule is NCC1CN(c2ccc([N+](=O)[O-])cc2)CCO1. The molecule has 1 atom stereocenters. The molecular formula is C11H15N3O3. The largest absolute Gasteiger partial charge is 0.373 e. The molecule has 0 bridgehead atoms. The lowest BCUT2D eigenvalue weighted by molar-refractivity contribution is -0.384. The molecule has 1 aromatic carbocycles. The Hall–Kier alpha value is -1.66. The minimum absolute atomic E-state index is 0.0407. The van der Waals surface area contributed by atoms with Crippen molar-refractivity contribution in [2.24, 2.45) is 5.73 Å². The van der Waals surface area contributed by atoms with Gasteiger partial charge >= 0.3 is 0 Å². The fourth-order valence-electron chi connectivity index (χ4n) is 1.88. The highest BCUT2D eigenvalue weighted by molar-refractivity contribution is 5.51. The quantitative estimate of drug-likeness (QED) is 0.620. The van der Waals surface area contributed by atoms with E-state index in [1.165, 1.54) is 12.1 Å². The zero-order chi connectivity index (χ0) is 12.3. The van der Waals surface area contributed by atoms with Gasteiger partial charge in [0.1, 0.15) is 0 Å². The predicted molar refractivity (Wildman–Crippen MR) is 64.1 cm³/mol. The zero-order valence-electron chi connectivity index (χ0n) is 9.41. The van der Waals surface area contributed by atoms with Gasteiger partial charge in [-0.25, -0.2) is 0 Å². The van der Waals surface area contributed by atoms with Gasteiger partial charge in [0.2, 0.25) is 0 Å². The molecule has 2 rings (SSSR count). The van der Waals surface area contributed by atoms with Crippen LogP contribution in [0.1, 0.15) is 0 Å². The average Bonchev–Trinajstić information content (AvgIpc) is 2.39. The minimum Gasteiger partial charge on any atom is -0.373 e. The van der Waals surface area contributed by atoms with Crippen molar-refractivity contribution in [2.75, 3.05) is 31.1 Å². The van der Waals surface area contributed by atoms with Crippen LogP contribution < -0.4 is 10.6 Å². The first-order valence-electron chi connectivity index (χ1n) is 5.52. The van der Waals surface area contributed by atoms with Crippen molar-refractivity contribution in [3.8, 4) is 0 Å². The van der Waals surface area contributed by atoms with Crippen LogP contribution in [0.3, 0.4) is 0 Å². The van der Waals surface area contributed by atoms with Crippen LogP contribution in [0.25, 0.3) is 0 Å². The molecule has 6 nitrogen and oxygen atoms in total. The number of anilines is 1. The van der Waals surface area contributed by atoms with Crippen LogP contribution >= 0.6 is 0 Å². The third-order valence-corrected chi connectivity index (χ3v) is 2.83. The lowest BCUT2D eigenvalue weighted by Crippen LogP contribution is -2.45. The summed E-state index contributed by atoms with van der Waals surface area (Å²) in [4.78, 5) is 12.3. The Balaban J connectivity index is 2.08. The first-order valence-corrected chi connectivity index (χ1v) is 5.52. The van der Waals surface area contributed by atoms with Crippen molar-refractivity contribution >= 4 is 11.4 Å². The molecule has 6 heteroatoms. The highest BCUT2D eigenvalue weighted by Gasteiger charge is 2.19. The molecule has 1 aliphatic heterocycles. The van der Waals surface area contributed by atoms with Gasteiger partial charge in [-0.1, -0.05) is 0 Å². The van der Waals surface area contributed by atoms with Gasteiger partial charge in [-0.15, -0.1) is 0 Å². The molecule has 1 unspecified atom stereocenters. The number of benzene rings is 1. The molecular weight excluding hydrogens is 222 g/mol. The predicted octanol–water partition coefficient (Wildman–Crippen LogP) is 0.759. The average molecular weight is 237 g/mol. The Labute approximate surface area is 99.1 Å². The van der Waals surface area contributed by atoms with Crippen molar-refractivity contribution in [3.63, 3.8) is 0 Å². The second-order valence-corrected chi connectivity index (χ2v) is 3.95. The maximum atomic E-state index is 10.5. The fourth-order valence-corrected chi connectivity index (χ4v) is 1.88. The van der Waals surface area contributed by atoms with Gasteiger partial charge in [-0.3, -0.25) is 10.1 Å². The maximum Gasteiger partial charge on any atom is 0.269 e. The van der Waals surface area contributed by atoms with Gasteiger partial charge in [-0.2, -0.15) is 0 Å². The summed E-state index contributed by atoms with van der Waals surface area (Å²) >= 11 is 0. The number of nitrogens with two attached hydrogens (primary N) is 1. The Bertz CT molecular complexity index is 393. The highest BCUT2D eigenvalue weighted by atomic mass is 16.6. The Kier molecular flexibility index (Phi) is 3.55. The lowest BCUT2D eigenvalue weighted by atomic mass is 10.2. The van der Waals surface area contributed by atoms with Crippen LogP contribution in [0.2, 0.25) is 0 Å². The molecule has 0 amide bonds. The second-order valence-electron chi connectivity index (χ2n) is 3.95. The fraction of sp³-hybridized carbons (Fsp3) is 0.455. The topological polar surface area (TPSA) is 81.6 Å². The van der Waals surface area contributed by atoms with E-state index in [-0.39, 0.29) is 11.8 Å². The smallest absolute Gasteiger partial charge is 0.269 e. The monoisotopic (exact) mass is 237 g/mol. The normalized spacial score (nSPS) is 20.3. The van der Waals surface area contributed by atoms with Crippen molar-refractivity contribution in [3.05, 3.63) is 34.4 Å². The summed E-state index contributed by atoms with van der Waals surface area (Å²) in [7, 11) is 0. The van der Waals surface area contributed by atoms with Gasteiger partial charge in [0.25, 0.3) is 5.69 Å². The number of non-ortho nitro benzene ring substituents is 1. The minimum atomic E-state index is -0.397. The van der Waals surface area contributed by atoms with Gasteiger partial charge in [0.05, 0.1) is 17.6 Å². The van der Waals surface area contributed by atoms with E-state index in [4.69, 9.17) is 10.5 Å². The first-order chi connectivity index (χ1) is 8.20. The summed E-state index contributed by atoms with van der Waals surface area (Å²) < 4.78 is 5.47. The Morgan fingerprint density at radius 2 is 2.18 bits per heavy atom. The summed E-state index contributed by atoms with van der Waals surface area (Å²) in [5.41, 5.74) is 6.64. The molecule has 0 saturated carbocycles. The number of nitro groups is 1. The van der Waals surface area contributed by atoms with Crippen LogP contribution in [-0.2, 0) is 4.74 Å². The first kappa shape index (κ1) is 11.8. The number of hydrogen-bond acceptors (Lipinski definition) is 5. The summed E-state index contributed by atoms with van der Waals surface area (Å²) in [5, 5.41) is 10.5. The molecule has 0 aliphatic carbocycles. The third kappa shape index (κ3) is 2.72. The van der Waals surface area contributed by atoms with Gasteiger partial charge in [0.15, 0.2) is 0 Å². The van der Waals surface area contributed by atoms with Crippen LogP contribution in [0, 0.1) is 10.1 Å². The lowest BCUT2D eigenvalue weighted by Gasteiger charge is -2.33. The van der Waals surface area contributed by atoms with Crippen LogP contribution in [0.4, 0.5) is 11.4 Å². The van der Waals surface area contributed by atoms with Crippen molar-refractivity contribution in [2.45, 2.75) is 6.10 Å². The van der Waals surface area contributed by atoms with E-state index in [2.05, 4.69) is 4.90 Å². The Morgan fingerprint density at radius 1 is 1.47 bits per heavy atom. The molecule has 1 saturated heterocycles. The van der Waals surface area contributed by atoms with E-state index < -0.39 is 4.92 Å². The summed E-state index contributed by atoms with van der Waals surface area (Å²) in [6, 6.07) is 6.55. The molecule has 1 aliphatic rings.